The Morgan fingerprint density at radius 2 is 0.574 bits per heavy atom. The molecule has 400 valence electrons. The van der Waals surface area contributed by atoms with Crippen LogP contribution in [0.15, 0.2) is 48.6 Å². The third-order valence-electron chi connectivity index (χ3n) is 14.3. The highest BCUT2D eigenvalue weighted by Crippen LogP contribution is 2.17. The lowest BCUT2D eigenvalue weighted by atomic mass is 10.0. The first kappa shape index (κ1) is 66.3. The molecule has 0 aliphatic heterocycles. The lowest BCUT2D eigenvalue weighted by molar-refractivity contribution is -0.123. The minimum absolute atomic E-state index is 0.0729. The predicted octanol–water partition coefficient (Wildman–Crippen LogP) is 20.6. The third kappa shape index (κ3) is 55.3. The molecule has 0 fully saturated rings. The van der Waals surface area contributed by atoms with Crippen LogP contribution in [0.25, 0.3) is 0 Å². The molecular weight excluding hydrogens is 831 g/mol. The molecule has 68 heavy (non-hydrogen) atoms. The fraction of sp³-hybridized carbons (Fsp3) is 0.859. The van der Waals surface area contributed by atoms with E-state index in [-0.39, 0.29) is 12.5 Å². The molecule has 0 heterocycles. The topological polar surface area (TPSA) is 69.6 Å². The smallest absolute Gasteiger partial charge is 0.220 e. The van der Waals surface area contributed by atoms with Crippen LogP contribution in [0, 0.1) is 0 Å². The van der Waals surface area contributed by atoms with Crippen molar-refractivity contribution < 1.29 is 15.0 Å². The van der Waals surface area contributed by atoms with Gasteiger partial charge in [-0.05, 0) is 70.6 Å². The van der Waals surface area contributed by atoms with Gasteiger partial charge in [-0.3, -0.25) is 4.79 Å². The van der Waals surface area contributed by atoms with Gasteiger partial charge in [0.25, 0.3) is 0 Å². The van der Waals surface area contributed by atoms with Gasteiger partial charge in [0.15, 0.2) is 0 Å². The lowest BCUT2D eigenvalue weighted by Crippen LogP contribution is -2.45. The molecule has 1 amide bonds. The average Bonchev–Trinajstić information content (AvgIpc) is 3.34. The van der Waals surface area contributed by atoms with Crippen LogP contribution in [0.1, 0.15) is 335 Å². The Morgan fingerprint density at radius 1 is 0.338 bits per heavy atom. The fourth-order valence-corrected chi connectivity index (χ4v) is 9.56. The van der Waals surface area contributed by atoms with Crippen LogP contribution < -0.4 is 5.32 Å². The van der Waals surface area contributed by atoms with E-state index >= 15 is 0 Å². The van der Waals surface area contributed by atoms with Crippen molar-refractivity contribution in [3.63, 3.8) is 0 Å². The van der Waals surface area contributed by atoms with E-state index in [0.717, 1.165) is 38.5 Å². The van der Waals surface area contributed by atoms with Crippen LogP contribution in [0.4, 0.5) is 0 Å². The average molecular weight is 953 g/mol. The maximum absolute atomic E-state index is 12.5. The zero-order valence-electron chi connectivity index (χ0n) is 46.1. The molecule has 0 bridgehead atoms. The van der Waals surface area contributed by atoms with Crippen molar-refractivity contribution in [3.8, 4) is 0 Å². The summed E-state index contributed by atoms with van der Waals surface area (Å²) in [7, 11) is 0. The van der Waals surface area contributed by atoms with Gasteiger partial charge in [0, 0.05) is 6.42 Å². The van der Waals surface area contributed by atoms with E-state index < -0.39 is 12.1 Å². The summed E-state index contributed by atoms with van der Waals surface area (Å²) in [6.45, 7) is 4.33. The number of nitrogens with one attached hydrogen (secondary N) is 1. The Balaban J connectivity index is 3.49. The van der Waals surface area contributed by atoms with Crippen LogP contribution in [0.3, 0.4) is 0 Å². The van der Waals surface area contributed by atoms with Gasteiger partial charge in [-0.15, -0.1) is 0 Å². The Hall–Kier alpha value is -1.65. The van der Waals surface area contributed by atoms with Gasteiger partial charge in [-0.2, -0.15) is 0 Å². The molecule has 0 radical (unpaired) electrons. The van der Waals surface area contributed by atoms with E-state index in [4.69, 9.17) is 0 Å². The highest BCUT2D eigenvalue weighted by Gasteiger charge is 2.18. The number of carbonyl (C=O) groups is 1. The summed E-state index contributed by atoms with van der Waals surface area (Å²) in [5.74, 6) is -0.0729. The molecule has 2 atom stereocenters. The van der Waals surface area contributed by atoms with Crippen molar-refractivity contribution in [1.82, 2.24) is 5.32 Å². The van der Waals surface area contributed by atoms with Crippen molar-refractivity contribution in [2.24, 2.45) is 0 Å². The fourth-order valence-electron chi connectivity index (χ4n) is 9.56. The molecule has 2 unspecified atom stereocenters. The van der Waals surface area contributed by atoms with Gasteiger partial charge < -0.3 is 15.5 Å². The van der Waals surface area contributed by atoms with Crippen LogP contribution >= 0.6 is 0 Å². The summed E-state index contributed by atoms with van der Waals surface area (Å²) in [6, 6.07) is -0.646. The van der Waals surface area contributed by atoms with Gasteiger partial charge in [0.05, 0.1) is 18.8 Å². The second-order valence-electron chi connectivity index (χ2n) is 21.1. The molecule has 0 saturated carbocycles. The predicted molar refractivity (Wildman–Crippen MR) is 304 cm³/mol. The quantitative estimate of drug-likeness (QED) is 0.0420. The molecule has 0 spiro atoms. The monoisotopic (exact) mass is 952 g/mol. The van der Waals surface area contributed by atoms with E-state index in [9.17, 15) is 15.0 Å². The van der Waals surface area contributed by atoms with Gasteiger partial charge in [0.2, 0.25) is 5.91 Å². The van der Waals surface area contributed by atoms with E-state index in [2.05, 4.69) is 55.6 Å². The van der Waals surface area contributed by atoms with Gasteiger partial charge in [-0.1, -0.05) is 306 Å². The van der Waals surface area contributed by atoms with Gasteiger partial charge in [-0.25, -0.2) is 0 Å². The maximum atomic E-state index is 12.5. The van der Waals surface area contributed by atoms with Crippen molar-refractivity contribution in [1.29, 1.82) is 0 Å². The zero-order chi connectivity index (χ0) is 49.2. The normalized spacial score (nSPS) is 13.1. The molecular formula is C64H121NO3. The number of aliphatic hydroxyl groups is 2. The summed E-state index contributed by atoms with van der Waals surface area (Å²) in [4.78, 5) is 12.5. The van der Waals surface area contributed by atoms with Crippen molar-refractivity contribution in [2.75, 3.05) is 6.61 Å². The first-order valence-corrected chi connectivity index (χ1v) is 30.9. The molecule has 0 rings (SSSR count). The van der Waals surface area contributed by atoms with Crippen molar-refractivity contribution >= 4 is 5.91 Å². The van der Waals surface area contributed by atoms with Crippen molar-refractivity contribution in [2.45, 2.75) is 347 Å². The Kier molecular flexibility index (Phi) is 58.2. The Morgan fingerprint density at radius 3 is 0.853 bits per heavy atom. The van der Waals surface area contributed by atoms with E-state index in [1.54, 1.807) is 6.08 Å². The molecule has 4 heteroatoms. The molecule has 3 N–H and O–H groups in total. The largest absolute Gasteiger partial charge is 0.394 e. The number of allylic oxidation sites excluding steroid dienone is 7. The number of hydrogen-bond acceptors (Lipinski definition) is 3. The Labute approximate surface area is 426 Å². The Bertz CT molecular complexity index is 1080. The van der Waals surface area contributed by atoms with Gasteiger partial charge in [0.1, 0.15) is 0 Å². The number of amides is 1. The number of aliphatic hydroxyl groups excluding tert-OH is 2. The van der Waals surface area contributed by atoms with Crippen molar-refractivity contribution in [3.05, 3.63) is 48.6 Å². The minimum atomic E-state index is -0.871. The molecule has 0 aromatic rings. The standard InChI is InChI=1S/C64H121NO3/c1-3-5-7-9-11-13-15-17-19-21-23-25-27-28-29-30-31-32-33-34-35-36-38-40-42-44-46-48-50-52-54-56-58-60-64(68)65-62(61-66)63(67)59-57-55-53-51-49-47-45-43-41-39-37-26-24-22-20-18-16-14-12-10-8-6-4-2/h28-29,41,43,49,51,57,59,62-63,66-67H,3-27,30-40,42,44-48,50,52-56,58,60-61H2,1-2H3,(H,65,68)/b29-28-,43-41+,51-49+,59-57+. The lowest BCUT2D eigenvalue weighted by Gasteiger charge is -2.19. The second-order valence-corrected chi connectivity index (χ2v) is 21.1. The number of hydrogen-bond donors (Lipinski definition) is 3. The molecule has 0 aliphatic rings. The van der Waals surface area contributed by atoms with E-state index in [1.165, 1.54) is 276 Å². The summed E-state index contributed by atoms with van der Waals surface area (Å²) in [5, 5.41) is 23.2. The van der Waals surface area contributed by atoms with Crippen LogP contribution in [0.5, 0.6) is 0 Å². The van der Waals surface area contributed by atoms with E-state index in [0.29, 0.717) is 6.42 Å². The highest BCUT2D eigenvalue weighted by molar-refractivity contribution is 5.76. The first-order chi connectivity index (χ1) is 33.7. The van der Waals surface area contributed by atoms with E-state index in [1.807, 2.05) is 6.08 Å². The molecule has 0 saturated heterocycles. The number of unbranched alkanes of at least 4 members (excludes halogenated alkanes) is 44. The summed E-state index contributed by atoms with van der Waals surface area (Å²) in [5.41, 5.74) is 0. The highest BCUT2D eigenvalue weighted by atomic mass is 16.3. The third-order valence-corrected chi connectivity index (χ3v) is 14.3. The van der Waals surface area contributed by atoms with Gasteiger partial charge >= 0.3 is 0 Å². The number of carbonyl (C=O) groups excluding carboxylic acids is 1. The summed E-state index contributed by atoms with van der Waals surface area (Å²) < 4.78 is 0. The first-order valence-electron chi connectivity index (χ1n) is 30.9. The summed E-state index contributed by atoms with van der Waals surface area (Å²) in [6.07, 6.45) is 83.1. The molecule has 0 aromatic heterocycles. The minimum Gasteiger partial charge on any atom is -0.394 e. The zero-order valence-corrected chi connectivity index (χ0v) is 46.1. The SMILES string of the molecule is CCCCCCCCCCCCCC/C=C\CCCCCCCCCCCCCCCCCCCC(=O)NC(CO)C(O)/C=C/CC/C=C/CC/C=C/CCCCCCCCCCCCCCC. The molecule has 0 aliphatic carbocycles. The second kappa shape index (κ2) is 59.7. The molecule has 0 aromatic carbocycles. The number of rotatable bonds is 57. The maximum Gasteiger partial charge on any atom is 0.220 e. The summed E-state index contributed by atoms with van der Waals surface area (Å²) >= 11 is 0. The van der Waals surface area contributed by atoms with Crippen LogP contribution in [0.2, 0.25) is 0 Å². The molecule has 4 nitrogen and oxygen atoms in total. The van der Waals surface area contributed by atoms with Crippen LogP contribution in [-0.4, -0.2) is 34.9 Å². The van der Waals surface area contributed by atoms with Crippen LogP contribution in [-0.2, 0) is 4.79 Å².